The summed E-state index contributed by atoms with van der Waals surface area (Å²) in [5, 5.41) is 7.97. The Balaban J connectivity index is 0.00000261. The standard InChI is InChI=1S/C19H34N6S.HI/c1-20-18(23(2)14-17-13-22-24(3)15-17)21-16-19(7-5-4-6-8-19)25-9-11-26-12-10-25;/h13,15H,4-12,14,16H2,1-3H3,(H,20,21);1H. The van der Waals surface area contributed by atoms with Crippen molar-refractivity contribution < 1.29 is 0 Å². The number of guanidine groups is 1. The summed E-state index contributed by atoms with van der Waals surface area (Å²) in [7, 11) is 5.95. The molecule has 1 aliphatic heterocycles. The number of aromatic nitrogens is 2. The van der Waals surface area contributed by atoms with Gasteiger partial charge in [0.15, 0.2) is 5.96 Å². The highest BCUT2D eigenvalue weighted by Crippen LogP contribution is 2.34. The van der Waals surface area contributed by atoms with Gasteiger partial charge < -0.3 is 10.2 Å². The van der Waals surface area contributed by atoms with Crippen molar-refractivity contribution in [3.05, 3.63) is 18.0 Å². The second-order valence-corrected chi connectivity index (χ2v) is 8.89. The molecule has 3 rings (SSSR count). The first-order valence-corrected chi connectivity index (χ1v) is 11.0. The van der Waals surface area contributed by atoms with Gasteiger partial charge in [0.1, 0.15) is 0 Å². The summed E-state index contributed by atoms with van der Waals surface area (Å²) in [5.74, 6) is 3.53. The fourth-order valence-electron chi connectivity index (χ4n) is 4.38. The molecule has 27 heavy (non-hydrogen) atoms. The number of thioether (sulfide) groups is 1. The van der Waals surface area contributed by atoms with Gasteiger partial charge in [0.25, 0.3) is 0 Å². The number of rotatable bonds is 5. The maximum Gasteiger partial charge on any atom is 0.193 e. The van der Waals surface area contributed by atoms with E-state index < -0.39 is 0 Å². The highest BCUT2D eigenvalue weighted by atomic mass is 127. The van der Waals surface area contributed by atoms with Crippen LogP contribution in [0.3, 0.4) is 0 Å². The van der Waals surface area contributed by atoms with Crippen LogP contribution in [0.15, 0.2) is 17.4 Å². The second-order valence-electron chi connectivity index (χ2n) is 7.66. The molecule has 1 aliphatic carbocycles. The molecule has 2 heterocycles. The molecule has 1 aromatic rings. The number of hydrogen-bond donors (Lipinski definition) is 1. The van der Waals surface area contributed by atoms with Crippen molar-refractivity contribution in [1.29, 1.82) is 0 Å². The summed E-state index contributed by atoms with van der Waals surface area (Å²) in [6.45, 7) is 4.29. The molecule has 1 saturated carbocycles. The Kier molecular flexibility index (Phi) is 9.21. The lowest BCUT2D eigenvalue weighted by Gasteiger charge is -2.48. The summed E-state index contributed by atoms with van der Waals surface area (Å²) in [6.07, 6.45) is 10.7. The van der Waals surface area contributed by atoms with E-state index >= 15 is 0 Å². The Morgan fingerprint density at radius 3 is 2.59 bits per heavy atom. The van der Waals surface area contributed by atoms with E-state index in [1.807, 2.05) is 25.0 Å². The van der Waals surface area contributed by atoms with Gasteiger partial charge in [-0.05, 0) is 12.8 Å². The van der Waals surface area contributed by atoms with Gasteiger partial charge in [0.05, 0.1) is 6.20 Å². The summed E-state index contributed by atoms with van der Waals surface area (Å²) >= 11 is 2.10. The molecule has 0 atom stereocenters. The van der Waals surface area contributed by atoms with Crippen molar-refractivity contribution in [3.8, 4) is 0 Å². The second kappa shape index (κ2) is 10.9. The third kappa shape index (κ3) is 6.00. The monoisotopic (exact) mass is 506 g/mol. The quantitative estimate of drug-likeness (QED) is 0.378. The molecule has 8 heteroatoms. The number of nitrogens with one attached hydrogen (secondary N) is 1. The lowest BCUT2D eigenvalue weighted by Crippen LogP contribution is -2.59. The molecule has 0 radical (unpaired) electrons. The van der Waals surface area contributed by atoms with Crippen LogP contribution in [0.1, 0.15) is 37.7 Å². The first kappa shape index (κ1) is 22.8. The molecule has 6 nitrogen and oxygen atoms in total. The average Bonchev–Trinajstić information content (AvgIpc) is 3.08. The van der Waals surface area contributed by atoms with Crippen LogP contribution in [0.25, 0.3) is 0 Å². The average molecular weight is 507 g/mol. The smallest absolute Gasteiger partial charge is 0.193 e. The third-order valence-electron chi connectivity index (χ3n) is 5.79. The zero-order valence-electron chi connectivity index (χ0n) is 17.0. The van der Waals surface area contributed by atoms with Gasteiger partial charge in [-0.25, -0.2) is 0 Å². The zero-order valence-corrected chi connectivity index (χ0v) is 20.1. The lowest BCUT2D eigenvalue weighted by molar-refractivity contribution is 0.0621. The van der Waals surface area contributed by atoms with E-state index in [-0.39, 0.29) is 24.0 Å². The van der Waals surface area contributed by atoms with E-state index in [1.165, 1.54) is 62.3 Å². The van der Waals surface area contributed by atoms with Crippen molar-refractivity contribution in [2.24, 2.45) is 12.0 Å². The molecule has 0 amide bonds. The zero-order chi connectivity index (χ0) is 18.4. The third-order valence-corrected chi connectivity index (χ3v) is 6.74. The van der Waals surface area contributed by atoms with Crippen molar-refractivity contribution >= 4 is 41.7 Å². The van der Waals surface area contributed by atoms with Crippen molar-refractivity contribution in [3.63, 3.8) is 0 Å². The molecule has 0 unspecified atom stereocenters. The molecule has 1 N–H and O–H groups in total. The maximum absolute atomic E-state index is 4.53. The summed E-state index contributed by atoms with van der Waals surface area (Å²) in [6, 6.07) is 0. The Hall–Kier alpha value is -0.480. The number of halogens is 1. The molecule has 2 aliphatic rings. The van der Waals surface area contributed by atoms with Crippen LogP contribution in [0.5, 0.6) is 0 Å². The van der Waals surface area contributed by atoms with Crippen molar-refractivity contribution in [1.82, 2.24) is 24.9 Å². The largest absolute Gasteiger partial charge is 0.354 e. The highest BCUT2D eigenvalue weighted by molar-refractivity contribution is 14.0. The molecule has 0 aromatic carbocycles. The van der Waals surface area contributed by atoms with Gasteiger partial charge in [0.2, 0.25) is 0 Å². The Labute approximate surface area is 185 Å². The number of aliphatic imine (C=N–C) groups is 1. The molecule has 1 saturated heterocycles. The van der Waals surface area contributed by atoms with Crippen LogP contribution >= 0.6 is 35.7 Å². The van der Waals surface area contributed by atoms with Gasteiger partial charge >= 0.3 is 0 Å². The summed E-state index contributed by atoms with van der Waals surface area (Å²) in [5.41, 5.74) is 1.52. The van der Waals surface area contributed by atoms with E-state index in [0.717, 1.165) is 19.0 Å². The van der Waals surface area contributed by atoms with Crippen molar-refractivity contribution in [2.75, 3.05) is 45.2 Å². The lowest BCUT2D eigenvalue weighted by atomic mass is 9.80. The first-order valence-electron chi connectivity index (χ1n) is 9.85. The van der Waals surface area contributed by atoms with E-state index in [0.29, 0.717) is 5.54 Å². The van der Waals surface area contributed by atoms with Crippen LogP contribution in [0.2, 0.25) is 0 Å². The fraction of sp³-hybridized carbons (Fsp3) is 0.789. The van der Waals surface area contributed by atoms with Crippen LogP contribution in [-0.2, 0) is 13.6 Å². The highest BCUT2D eigenvalue weighted by Gasteiger charge is 2.38. The fourth-order valence-corrected chi connectivity index (χ4v) is 5.29. The SMILES string of the molecule is CN=C(NCC1(N2CCSCC2)CCCCC1)N(C)Cc1cnn(C)c1.I. The van der Waals surface area contributed by atoms with Gasteiger partial charge in [-0.15, -0.1) is 24.0 Å². The van der Waals surface area contributed by atoms with Gasteiger partial charge in [0, 0.05) is 76.1 Å². The van der Waals surface area contributed by atoms with Crippen LogP contribution in [0.4, 0.5) is 0 Å². The van der Waals surface area contributed by atoms with Crippen LogP contribution < -0.4 is 5.32 Å². The Morgan fingerprint density at radius 2 is 2.00 bits per heavy atom. The van der Waals surface area contributed by atoms with E-state index in [4.69, 9.17) is 0 Å². The van der Waals surface area contributed by atoms with Crippen LogP contribution in [-0.4, -0.2) is 76.3 Å². The minimum atomic E-state index is 0. The summed E-state index contributed by atoms with van der Waals surface area (Å²) < 4.78 is 1.85. The number of hydrogen-bond acceptors (Lipinski definition) is 4. The Bertz CT molecular complexity index is 593. The molecular weight excluding hydrogens is 471 g/mol. The van der Waals surface area contributed by atoms with Crippen molar-refractivity contribution in [2.45, 2.75) is 44.2 Å². The minimum absolute atomic E-state index is 0. The Morgan fingerprint density at radius 1 is 1.30 bits per heavy atom. The normalized spacial score (nSPS) is 20.8. The predicted molar refractivity (Wildman–Crippen MR) is 126 cm³/mol. The molecule has 154 valence electrons. The van der Waals surface area contributed by atoms with Crippen LogP contribution in [0, 0.1) is 0 Å². The van der Waals surface area contributed by atoms with Gasteiger partial charge in [-0.3, -0.25) is 14.6 Å². The molecular formula is C19H35IN6S. The molecule has 2 fully saturated rings. The summed E-state index contributed by atoms with van der Waals surface area (Å²) in [4.78, 5) is 9.50. The number of aryl methyl sites for hydroxylation is 1. The maximum atomic E-state index is 4.53. The van der Waals surface area contributed by atoms with E-state index in [2.05, 4.69) is 50.2 Å². The van der Waals surface area contributed by atoms with Gasteiger partial charge in [-0.1, -0.05) is 19.3 Å². The predicted octanol–water partition coefficient (Wildman–Crippen LogP) is 2.80. The molecule has 0 spiro atoms. The molecule has 1 aromatic heterocycles. The molecule has 0 bridgehead atoms. The topological polar surface area (TPSA) is 48.7 Å². The van der Waals surface area contributed by atoms with E-state index in [1.54, 1.807) is 0 Å². The first-order chi connectivity index (χ1) is 12.6. The van der Waals surface area contributed by atoms with Gasteiger partial charge in [-0.2, -0.15) is 16.9 Å². The minimum Gasteiger partial charge on any atom is -0.354 e. The van der Waals surface area contributed by atoms with E-state index in [9.17, 15) is 0 Å². The number of nitrogens with zero attached hydrogens (tertiary/aromatic N) is 5.